The van der Waals surface area contributed by atoms with Gasteiger partial charge in [0.15, 0.2) is 0 Å². The molecule has 0 saturated heterocycles. The van der Waals surface area contributed by atoms with Crippen LogP contribution < -0.4 is 5.32 Å². The van der Waals surface area contributed by atoms with Crippen molar-refractivity contribution in [3.8, 4) is 0 Å². The van der Waals surface area contributed by atoms with Crippen LogP contribution in [-0.2, 0) is 19.4 Å². The van der Waals surface area contributed by atoms with Gasteiger partial charge in [-0.05, 0) is 53.8 Å². The second-order valence-electron chi connectivity index (χ2n) is 5.03. The van der Waals surface area contributed by atoms with Crippen molar-refractivity contribution in [3.63, 3.8) is 0 Å². The van der Waals surface area contributed by atoms with E-state index >= 15 is 0 Å². The quantitative estimate of drug-likeness (QED) is 0.872. The summed E-state index contributed by atoms with van der Waals surface area (Å²) in [4.78, 5) is 0. The molecule has 1 unspecified atom stereocenters. The molecule has 19 heavy (non-hydrogen) atoms. The van der Waals surface area contributed by atoms with Gasteiger partial charge in [0.1, 0.15) is 0 Å². The van der Waals surface area contributed by atoms with Crippen molar-refractivity contribution in [1.29, 1.82) is 0 Å². The standard InChI is InChI=1S/C16H15Cl2N/c17-14-4-1-11(2-5-14)7-16-9-12-3-6-15(18)8-13(12)10-19-16/h1-6,8,16,19H,7,9-10H2. The molecule has 0 spiro atoms. The number of benzene rings is 2. The van der Waals surface area contributed by atoms with Crippen LogP contribution in [0, 0.1) is 0 Å². The second-order valence-corrected chi connectivity index (χ2v) is 5.90. The molecule has 0 saturated carbocycles. The fraction of sp³-hybridized carbons (Fsp3) is 0.250. The van der Waals surface area contributed by atoms with Crippen LogP contribution in [0.25, 0.3) is 0 Å². The van der Waals surface area contributed by atoms with Gasteiger partial charge in [0.2, 0.25) is 0 Å². The molecule has 2 aromatic carbocycles. The first kappa shape index (κ1) is 13.0. The summed E-state index contributed by atoms with van der Waals surface area (Å²) in [6, 6.07) is 14.8. The third kappa shape index (κ3) is 3.11. The topological polar surface area (TPSA) is 12.0 Å². The number of fused-ring (bicyclic) bond motifs is 1. The fourth-order valence-corrected chi connectivity index (χ4v) is 2.92. The maximum absolute atomic E-state index is 6.02. The molecule has 0 aromatic heterocycles. The van der Waals surface area contributed by atoms with E-state index in [1.807, 2.05) is 18.2 Å². The summed E-state index contributed by atoms with van der Waals surface area (Å²) in [7, 11) is 0. The van der Waals surface area contributed by atoms with Crippen molar-refractivity contribution >= 4 is 23.2 Å². The maximum Gasteiger partial charge on any atom is 0.0409 e. The highest BCUT2D eigenvalue weighted by Gasteiger charge is 2.18. The molecule has 0 aliphatic carbocycles. The van der Waals surface area contributed by atoms with Gasteiger partial charge in [0, 0.05) is 22.6 Å². The van der Waals surface area contributed by atoms with Gasteiger partial charge in [0.25, 0.3) is 0 Å². The normalized spacial score (nSPS) is 18.1. The van der Waals surface area contributed by atoms with Crippen molar-refractivity contribution in [2.45, 2.75) is 25.4 Å². The van der Waals surface area contributed by atoms with Crippen LogP contribution in [0.1, 0.15) is 16.7 Å². The van der Waals surface area contributed by atoms with Gasteiger partial charge in [-0.15, -0.1) is 0 Å². The van der Waals surface area contributed by atoms with Crippen LogP contribution in [-0.4, -0.2) is 6.04 Å². The third-order valence-electron chi connectivity index (χ3n) is 3.61. The molecule has 1 heterocycles. The van der Waals surface area contributed by atoms with Gasteiger partial charge in [-0.1, -0.05) is 41.4 Å². The van der Waals surface area contributed by atoms with Gasteiger partial charge in [0.05, 0.1) is 0 Å². The van der Waals surface area contributed by atoms with E-state index in [0.717, 1.165) is 29.4 Å². The average Bonchev–Trinajstić information content (AvgIpc) is 2.42. The summed E-state index contributed by atoms with van der Waals surface area (Å²) >= 11 is 11.9. The van der Waals surface area contributed by atoms with E-state index in [1.54, 1.807) is 0 Å². The molecule has 2 aromatic rings. The summed E-state index contributed by atoms with van der Waals surface area (Å²) < 4.78 is 0. The lowest BCUT2D eigenvalue weighted by Gasteiger charge is -2.26. The monoisotopic (exact) mass is 291 g/mol. The summed E-state index contributed by atoms with van der Waals surface area (Å²) in [5.41, 5.74) is 4.04. The van der Waals surface area contributed by atoms with Gasteiger partial charge in [-0.2, -0.15) is 0 Å². The Labute approximate surface area is 123 Å². The molecular weight excluding hydrogens is 277 g/mol. The largest absolute Gasteiger partial charge is 0.309 e. The predicted octanol–water partition coefficient (Wildman–Crippen LogP) is 4.25. The minimum atomic E-state index is 0.481. The Hall–Kier alpha value is -1.02. The van der Waals surface area contributed by atoms with Gasteiger partial charge in [-0.3, -0.25) is 0 Å². The number of rotatable bonds is 2. The molecular formula is C16H15Cl2N. The van der Waals surface area contributed by atoms with E-state index in [-0.39, 0.29) is 0 Å². The minimum absolute atomic E-state index is 0.481. The Morgan fingerprint density at radius 3 is 2.47 bits per heavy atom. The van der Waals surface area contributed by atoms with Crippen LogP contribution in [0.2, 0.25) is 10.0 Å². The molecule has 1 N–H and O–H groups in total. The fourth-order valence-electron chi connectivity index (χ4n) is 2.60. The molecule has 1 aliphatic heterocycles. The zero-order valence-electron chi connectivity index (χ0n) is 10.5. The summed E-state index contributed by atoms with van der Waals surface area (Å²) in [6.07, 6.45) is 2.08. The SMILES string of the molecule is Clc1ccc(CC2Cc3ccc(Cl)cc3CN2)cc1. The summed E-state index contributed by atoms with van der Waals surface area (Å²) in [5, 5.41) is 5.18. The van der Waals surface area contributed by atoms with E-state index in [9.17, 15) is 0 Å². The second kappa shape index (κ2) is 5.54. The number of hydrogen-bond donors (Lipinski definition) is 1. The number of halogens is 2. The van der Waals surface area contributed by atoms with Gasteiger partial charge >= 0.3 is 0 Å². The lowest BCUT2D eigenvalue weighted by molar-refractivity contribution is 0.477. The number of nitrogens with one attached hydrogen (secondary N) is 1. The van der Waals surface area contributed by atoms with Crippen molar-refractivity contribution in [3.05, 3.63) is 69.2 Å². The molecule has 1 atom stereocenters. The Kier molecular flexibility index (Phi) is 3.79. The Bertz CT molecular complexity index is 578. The van der Waals surface area contributed by atoms with E-state index < -0.39 is 0 Å². The summed E-state index contributed by atoms with van der Waals surface area (Å²) in [6.45, 7) is 0.897. The van der Waals surface area contributed by atoms with E-state index in [0.29, 0.717) is 6.04 Å². The van der Waals surface area contributed by atoms with Gasteiger partial charge in [-0.25, -0.2) is 0 Å². The predicted molar refractivity (Wildman–Crippen MR) is 80.9 cm³/mol. The van der Waals surface area contributed by atoms with Crippen molar-refractivity contribution in [1.82, 2.24) is 5.32 Å². The third-order valence-corrected chi connectivity index (χ3v) is 4.10. The molecule has 1 nitrogen and oxygen atoms in total. The Morgan fingerprint density at radius 2 is 1.68 bits per heavy atom. The summed E-state index contributed by atoms with van der Waals surface area (Å²) in [5.74, 6) is 0. The van der Waals surface area contributed by atoms with Crippen LogP contribution in [0.4, 0.5) is 0 Å². The zero-order valence-corrected chi connectivity index (χ0v) is 12.0. The molecule has 0 amide bonds. The molecule has 98 valence electrons. The Morgan fingerprint density at radius 1 is 0.947 bits per heavy atom. The zero-order chi connectivity index (χ0) is 13.2. The Balaban J connectivity index is 1.72. The number of hydrogen-bond acceptors (Lipinski definition) is 1. The molecule has 3 rings (SSSR count). The molecule has 1 aliphatic rings. The molecule has 0 bridgehead atoms. The van der Waals surface area contributed by atoms with E-state index in [4.69, 9.17) is 23.2 Å². The average molecular weight is 292 g/mol. The van der Waals surface area contributed by atoms with E-state index in [1.165, 1.54) is 16.7 Å². The highest BCUT2D eigenvalue weighted by atomic mass is 35.5. The minimum Gasteiger partial charge on any atom is -0.309 e. The van der Waals surface area contributed by atoms with Crippen LogP contribution >= 0.6 is 23.2 Å². The maximum atomic E-state index is 6.02. The highest BCUT2D eigenvalue weighted by molar-refractivity contribution is 6.30. The smallest absolute Gasteiger partial charge is 0.0409 e. The van der Waals surface area contributed by atoms with Crippen LogP contribution in [0.3, 0.4) is 0 Å². The lowest BCUT2D eigenvalue weighted by atomic mass is 9.92. The van der Waals surface area contributed by atoms with Crippen molar-refractivity contribution < 1.29 is 0 Å². The molecule has 0 fully saturated rings. The lowest BCUT2D eigenvalue weighted by Crippen LogP contribution is -2.37. The highest BCUT2D eigenvalue weighted by Crippen LogP contribution is 2.22. The van der Waals surface area contributed by atoms with Crippen LogP contribution in [0.15, 0.2) is 42.5 Å². The molecule has 0 radical (unpaired) electrons. The first-order valence-corrected chi connectivity index (χ1v) is 7.21. The van der Waals surface area contributed by atoms with Crippen molar-refractivity contribution in [2.75, 3.05) is 0 Å². The first-order chi connectivity index (χ1) is 9.20. The molecule has 3 heteroatoms. The first-order valence-electron chi connectivity index (χ1n) is 6.46. The van der Waals surface area contributed by atoms with Gasteiger partial charge < -0.3 is 5.32 Å². The van der Waals surface area contributed by atoms with Crippen LogP contribution in [0.5, 0.6) is 0 Å². The van der Waals surface area contributed by atoms with Crippen molar-refractivity contribution in [2.24, 2.45) is 0 Å². The van der Waals surface area contributed by atoms with E-state index in [2.05, 4.69) is 29.6 Å².